The summed E-state index contributed by atoms with van der Waals surface area (Å²) in [6, 6.07) is 15.8. The maximum atomic E-state index is 6.05. The standard InChI is InChI=1S/C15H16ClNO/c1-12-7-8-14(16)15(11-12)18-10-9-17-13-5-3-2-4-6-13/h2-8,11,17H,9-10H2,1H3. The van der Waals surface area contributed by atoms with Gasteiger partial charge in [-0.3, -0.25) is 0 Å². The van der Waals surface area contributed by atoms with Crippen LogP contribution in [-0.4, -0.2) is 13.2 Å². The van der Waals surface area contributed by atoms with Gasteiger partial charge in [-0.05, 0) is 36.8 Å². The number of ether oxygens (including phenoxy) is 1. The molecular formula is C15H16ClNO. The molecule has 2 aromatic carbocycles. The molecule has 0 radical (unpaired) electrons. The number of para-hydroxylation sites is 1. The van der Waals surface area contributed by atoms with Crippen LogP contribution in [0.25, 0.3) is 0 Å². The minimum absolute atomic E-state index is 0.581. The number of benzene rings is 2. The first kappa shape index (κ1) is 12.8. The largest absolute Gasteiger partial charge is 0.490 e. The van der Waals surface area contributed by atoms with E-state index in [4.69, 9.17) is 16.3 Å². The molecule has 0 atom stereocenters. The molecule has 0 heterocycles. The summed E-state index contributed by atoms with van der Waals surface area (Å²) >= 11 is 6.05. The predicted octanol–water partition coefficient (Wildman–Crippen LogP) is 4.14. The van der Waals surface area contributed by atoms with Crippen molar-refractivity contribution in [2.45, 2.75) is 6.92 Å². The van der Waals surface area contributed by atoms with Gasteiger partial charge >= 0.3 is 0 Å². The summed E-state index contributed by atoms with van der Waals surface area (Å²) in [5, 5.41) is 3.93. The quantitative estimate of drug-likeness (QED) is 0.817. The van der Waals surface area contributed by atoms with Gasteiger partial charge in [0.05, 0.1) is 5.02 Å². The molecule has 0 aliphatic heterocycles. The van der Waals surface area contributed by atoms with Crippen LogP contribution in [0.1, 0.15) is 5.56 Å². The smallest absolute Gasteiger partial charge is 0.138 e. The van der Waals surface area contributed by atoms with E-state index < -0.39 is 0 Å². The number of rotatable bonds is 5. The maximum absolute atomic E-state index is 6.05. The summed E-state index contributed by atoms with van der Waals surface area (Å²) in [6.45, 7) is 3.34. The Hall–Kier alpha value is -1.67. The molecule has 2 aromatic rings. The molecule has 1 N–H and O–H groups in total. The molecule has 0 fully saturated rings. The van der Waals surface area contributed by atoms with Crippen LogP contribution in [-0.2, 0) is 0 Å². The molecule has 0 spiro atoms. The van der Waals surface area contributed by atoms with E-state index in [-0.39, 0.29) is 0 Å². The van der Waals surface area contributed by atoms with Crippen molar-refractivity contribution >= 4 is 17.3 Å². The number of aryl methyl sites for hydroxylation is 1. The van der Waals surface area contributed by atoms with Crippen molar-refractivity contribution in [1.82, 2.24) is 0 Å². The van der Waals surface area contributed by atoms with Crippen molar-refractivity contribution in [2.24, 2.45) is 0 Å². The van der Waals surface area contributed by atoms with Gasteiger partial charge in [-0.2, -0.15) is 0 Å². The summed E-state index contributed by atoms with van der Waals surface area (Å²) in [4.78, 5) is 0. The third kappa shape index (κ3) is 3.67. The van der Waals surface area contributed by atoms with E-state index in [2.05, 4.69) is 5.32 Å². The third-order valence-corrected chi connectivity index (χ3v) is 2.86. The fourth-order valence-electron chi connectivity index (χ4n) is 1.63. The van der Waals surface area contributed by atoms with Gasteiger partial charge in [0.1, 0.15) is 12.4 Å². The molecule has 2 rings (SSSR count). The summed E-state index contributed by atoms with van der Waals surface area (Å²) < 4.78 is 5.64. The molecule has 3 heteroatoms. The molecular weight excluding hydrogens is 246 g/mol. The predicted molar refractivity (Wildman–Crippen MR) is 76.6 cm³/mol. The van der Waals surface area contributed by atoms with Crippen LogP contribution in [0.5, 0.6) is 5.75 Å². The maximum Gasteiger partial charge on any atom is 0.138 e. The monoisotopic (exact) mass is 261 g/mol. The van der Waals surface area contributed by atoms with Gasteiger partial charge in [0.15, 0.2) is 0 Å². The normalized spacial score (nSPS) is 10.1. The van der Waals surface area contributed by atoms with Crippen LogP contribution in [0, 0.1) is 6.92 Å². The Kier molecular flexibility index (Phi) is 4.48. The number of nitrogens with one attached hydrogen (secondary N) is 1. The Morgan fingerprint density at radius 3 is 2.67 bits per heavy atom. The average Bonchev–Trinajstić information content (AvgIpc) is 2.40. The Balaban J connectivity index is 1.80. The van der Waals surface area contributed by atoms with Crippen molar-refractivity contribution in [2.75, 3.05) is 18.5 Å². The third-order valence-electron chi connectivity index (χ3n) is 2.55. The number of halogens is 1. The van der Waals surface area contributed by atoms with Gasteiger partial charge in [0.2, 0.25) is 0 Å². The van der Waals surface area contributed by atoms with Crippen LogP contribution < -0.4 is 10.1 Å². The van der Waals surface area contributed by atoms with E-state index in [1.54, 1.807) is 0 Å². The van der Waals surface area contributed by atoms with Crippen molar-refractivity contribution in [3.05, 3.63) is 59.1 Å². The molecule has 2 nitrogen and oxygen atoms in total. The number of hydrogen-bond donors (Lipinski definition) is 1. The summed E-state index contributed by atoms with van der Waals surface area (Å²) in [5.41, 5.74) is 2.24. The van der Waals surface area contributed by atoms with Gasteiger partial charge < -0.3 is 10.1 Å². The van der Waals surface area contributed by atoms with Crippen molar-refractivity contribution in [3.8, 4) is 5.75 Å². The fraction of sp³-hybridized carbons (Fsp3) is 0.200. The van der Waals surface area contributed by atoms with Gasteiger partial charge in [-0.25, -0.2) is 0 Å². The van der Waals surface area contributed by atoms with Crippen molar-refractivity contribution < 1.29 is 4.74 Å². The van der Waals surface area contributed by atoms with Crippen LogP contribution in [0.4, 0.5) is 5.69 Å². The van der Waals surface area contributed by atoms with E-state index in [0.717, 1.165) is 23.5 Å². The minimum atomic E-state index is 0.581. The first-order valence-electron chi connectivity index (χ1n) is 5.93. The minimum Gasteiger partial charge on any atom is -0.490 e. The molecule has 0 aliphatic carbocycles. The summed E-state index contributed by atoms with van der Waals surface area (Å²) in [6.07, 6.45) is 0. The second-order valence-corrected chi connectivity index (χ2v) is 4.48. The van der Waals surface area contributed by atoms with E-state index in [1.165, 1.54) is 0 Å². The second-order valence-electron chi connectivity index (χ2n) is 4.08. The lowest BCUT2D eigenvalue weighted by Crippen LogP contribution is -2.11. The molecule has 0 amide bonds. The Morgan fingerprint density at radius 1 is 1.11 bits per heavy atom. The molecule has 18 heavy (non-hydrogen) atoms. The molecule has 0 aromatic heterocycles. The van der Waals surface area contributed by atoms with E-state index >= 15 is 0 Å². The zero-order valence-corrected chi connectivity index (χ0v) is 11.1. The molecule has 0 aliphatic rings. The van der Waals surface area contributed by atoms with Gasteiger partial charge in [-0.1, -0.05) is 35.9 Å². The highest BCUT2D eigenvalue weighted by Gasteiger charge is 2.01. The zero-order chi connectivity index (χ0) is 12.8. The second kappa shape index (κ2) is 6.31. The molecule has 94 valence electrons. The molecule has 0 bridgehead atoms. The van der Waals surface area contributed by atoms with Crippen LogP contribution >= 0.6 is 11.6 Å². The highest BCUT2D eigenvalue weighted by Crippen LogP contribution is 2.25. The SMILES string of the molecule is Cc1ccc(Cl)c(OCCNc2ccccc2)c1. The summed E-state index contributed by atoms with van der Waals surface area (Å²) in [5.74, 6) is 0.742. The van der Waals surface area contributed by atoms with Gasteiger partial charge in [0, 0.05) is 12.2 Å². The van der Waals surface area contributed by atoms with Crippen LogP contribution in [0.15, 0.2) is 48.5 Å². The van der Waals surface area contributed by atoms with E-state index in [0.29, 0.717) is 11.6 Å². The van der Waals surface area contributed by atoms with Gasteiger partial charge in [0.25, 0.3) is 0 Å². The van der Waals surface area contributed by atoms with Crippen molar-refractivity contribution in [3.63, 3.8) is 0 Å². The average molecular weight is 262 g/mol. The summed E-state index contributed by atoms with van der Waals surface area (Å²) in [7, 11) is 0. The fourth-order valence-corrected chi connectivity index (χ4v) is 1.81. The topological polar surface area (TPSA) is 21.3 Å². The Bertz CT molecular complexity index is 499. The highest BCUT2D eigenvalue weighted by molar-refractivity contribution is 6.32. The lowest BCUT2D eigenvalue weighted by molar-refractivity contribution is 0.333. The first-order valence-corrected chi connectivity index (χ1v) is 6.31. The molecule has 0 saturated carbocycles. The molecule has 0 saturated heterocycles. The highest BCUT2D eigenvalue weighted by atomic mass is 35.5. The van der Waals surface area contributed by atoms with Crippen LogP contribution in [0.2, 0.25) is 5.02 Å². The lowest BCUT2D eigenvalue weighted by atomic mass is 10.2. The number of anilines is 1. The van der Waals surface area contributed by atoms with Crippen molar-refractivity contribution in [1.29, 1.82) is 0 Å². The van der Waals surface area contributed by atoms with E-state index in [9.17, 15) is 0 Å². The Morgan fingerprint density at radius 2 is 1.89 bits per heavy atom. The lowest BCUT2D eigenvalue weighted by Gasteiger charge is -2.10. The Labute approximate surface area is 113 Å². The first-order chi connectivity index (χ1) is 8.75. The van der Waals surface area contributed by atoms with Gasteiger partial charge in [-0.15, -0.1) is 0 Å². The van der Waals surface area contributed by atoms with E-state index in [1.807, 2.05) is 55.5 Å². The van der Waals surface area contributed by atoms with Crippen LogP contribution in [0.3, 0.4) is 0 Å². The zero-order valence-electron chi connectivity index (χ0n) is 10.3. The number of hydrogen-bond acceptors (Lipinski definition) is 2. The molecule has 0 unspecified atom stereocenters.